The van der Waals surface area contributed by atoms with Crippen LogP contribution in [0.1, 0.15) is 13.3 Å². The van der Waals surface area contributed by atoms with E-state index in [-0.39, 0.29) is 0 Å². The average Bonchev–Trinajstić information content (AvgIpc) is 2.16. The maximum Gasteiger partial charge on any atom is 0.0964 e. The van der Waals surface area contributed by atoms with Gasteiger partial charge in [0.15, 0.2) is 0 Å². The summed E-state index contributed by atoms with van der Waals surface area (Å²) in [5.74, 6) is 0.938. The highest BCUT2D eigenvalue weighted by molar-refractivity contribution is 7.99. The van der Waals surface area contributed by atoms with Gasteiger partial charge in [-0.05, 0) is 18.6 Å². The molecule has 0 unspecified atom stereocenters. The average molecular weight is 194 g/mol. The second kappa shape index (κ2) is 4.92. The molecule has 0 saturated carbocycles. The lowest BCUT2D eigenvalue weighted by Crippen LogP contribution is -1.88. The van der Waals surface area contributed by atoms with Gasteiger partial charge in [-0.1, -0.05) is 19.1 Å². The fraction of sp³-hybridized carbons (Fsp3) is 0.300. The van der Waals surface area contributed by atoms with E-state index in [4.69, 9.17) is 5.73 Å². The van der Waals surface area contributed by atoms with E-state index >= 15 is 0 Å². The van der Waals surface area contributed by atoms with Crippen molar-refractivity contribution in [2.24, 2.45) is 0 Å². The monoisotopic (exact) mass is 194 g/mol. The lowest BCUT2D eigenvalue weighted by Gasteiger charge is -2.01. The van der Waals surface area contributed by atoms with Crippen LogP contribution in [0.4, 0.5) is 5.69 Å². The molecule has 3 heteroatoms. The van der Waals surface area contributed by atoms with Crippen LogP contribution in [0.3, 0.4) is 0 Å². The Morgan fingerprint density at radius 2 is 2.38 bits per heavy atom. The van der Waals surface area contributed by atoms with Crippen molar-refractivity contribution in [1.82, 2.24) is 4.98 Å². The van der Waals surface area contributed by atoms with Crippen molar-refractivity contribution in [3.8, 4) is 0 Å². The third-order valence-electron chi connectivity index (χ3n) is 1.68. The summed E-state index contributed by atoms with van der Waals surface area (Å²) >= 11 is 1.70. The number of nitrogen functional groups attached to an aromatic ring is 1. The predicted octanol–water partition coefficient (Wildman–Crippen LogP) is 2.72. The van der Waals surface area contributed by atoms with Gasteiger partial charge in [-0.2, -0.15) is 0 Å². The van der Waals surface area contributed by atoms with Crippen LogP contribution >= 0.6 is 11.8 Å². The second-order valence-electron chi connectivity index (χ2n) is 2.82. The summed E-state index contributed by atoms with van der Waals surface area (Å²) < 4.78 is 0. The molecule has 0 atom stereocenters. The molecule has 0 spiro atoms. The van der Waals surface area contributed by atoms with Gasteiger partial charge < -0.3 is 5.73 Å². The SMILES string of the molecule is C=C(CC)CSc1ccc(N)cn1. The Hall–Kier alpha value is -0.960. The smallest absolute Gasteiger partial charge is 0.0964 e. The molecule has 70 valence electrons. The van der Waals surface area contributed by atoms with Gasteiger partial charge in [-0.3, -0.25) is 0 Å². The second-order valence-corrected chi connectivity index (χ2v) is 3.82. The number of aromatic nitrogens is 1. The molecule has 0 aliphatic carbocycles. The van der Waals surface area contributed by atoms with E-state index in [0.717, 1.165) is 17.2 Å². The molecule has 0 radical (unpaired) electrons. The molecule has 0 fully saturated rings. The van der Waals surface area contributed by atoms with Crippen LogP contribution in [0.5, 0.6) is 0 Å². The minimum atomic E-state index is 0.707. The molecule has 1 heterocycles. The molecular formula is C10H14N2S. The normalized spacial score (nSPS) is 9.92. The number of thioether (sulfide) groups is 1. The molecule has 0 saturated heterocycles. The quantitative estimate of drug-likeness (QED) is 0.591. The van der Waals surface area contributed by atoms with E-state index in [1.54, 1.807) is 18.0 Å². The Morgan fingerprint density at radius 3 is 2.92 bits per heavy atom. The number of hydrogen-bond donors (Lipinski definition) is 1. The number of hydrogen-bond acceptors (Lipinski definition) is 3. The molecule has 2 nitrogen and oxygen atoms in total. The summed E-state index contributed by atoms with van der Waals surface area (Å²) in [4.78, 5) is 4.18. The number of nitrogens with two attached hydrogens (primary N) is 1. The van der Waals surface area contributed by atoms with Crippen LogP contribution in [0.25, 0.3) is 0 Å². The number of pyridine rings is 1. The minimum Gasteiger partial charge on any atom is -0.397 e. The first-order valence-corrected chi connectivity index (χ1v) is 5.22. The Labute approximate surface area is 83.2 Å². The van der Waals surface area contributed by atoms with Gasteiger partial charge in [-0.15, -0.1) is 11.8 Å². The van der Waals surface area contributed by atoms with Crippen LogP contribution in [0.2, 0.25) is 0 Å². The zero-order valence-corrected chi connectivity index (χ0v) is 8.60. The van der Waals surface area contributed by atoms with Crippen molar-refractivity contribution in [2.75, 3.05) is 11.5 Å². The van der Waals surface area contributed by atoms with E-state index in [0.29, 0.717) is 5.69 Å². The van der Waals surface area contributed by atoms with Crippen molar-refractivity contribution in [2.45, 2.75) is 18.4 Å². The molecule has 0 aromatic carbocycles. The van der Waals surface area contributed by atoms with E-state index in [1.165, 1.54) is 5.57 Å². The molecule has 0 aliphatic rings. The molecular weight excluding hydrogens is 180 g/mol. The molecule has 1 rings (SSSR count). The molecule has 0 aliphatic heterocycles. The van der Waals surface area contributed by atoms with Crippen LogP contribution in [-0.4, -0.2) is 10.7 Å². The molecule has 0 amide bonds. The first-order chi connectivity index (χ1) is 6.22. The van der Waals surface area contributed by atoms with Gasteiger partial charge in [-0.25, -0.2) is 4.98 Å². The highest BCUT2D eigenvalue weighted by Gasteiger charge is 1.96. The third-order valence-corrected chi connectivity index (χ3v) is 2.77. The minimum absolute atomic E-state index is 0.707. The van der Waals surface area contributed by atoms with Crippen molar-refractivity contribution in [3.63, 3.8) is 0 Å². The fourth-order valence-corrected chi connectivity index (χ4v) is 1.60. The number of rotatable bonds is 4. The molecule has 1 aromatic rings. The van der Waals surface area contributed by atoms with E-state index in [2.05, 4.69) is 18.5 Å². The Morgan fingerprint density at radius 1 is 1.62 bits per heavy atom. The maximum atomic E-state index is 5.52. The number of nitrogens with zero attached hydrogens (tertiary/aromatic N) is 1. The van der Waals surface area contributed by atoms with E-state index < -0.39 is 0 Å². The first-order valence-electron chi connectivity index (χ1n) is 4.23. The largest absolute Gasteiger partial charge is 0.397 e. The van der Waals surface area contributed by atoms with E-state index in [1.807, 2.05) is 12.1 Å². The van der Waals surface area contributed by atoms with Gasteiger partial charge in [0.25, 0.3) is 0 Å². The van der Waals surface area contributed by atoms with Gasteiger partial charge in [0.1, 0.15) is 0 Å². The standard InChI is InChI=1S/C10H14N2S/c1-3-8(2)7-13-10-5-4-9(11)6-12-10/h4-6H,2-3,7,11H2,1H3. The molecule has 13 heavy (non-hydrogen) atoms. The van der Waals surface area contributed by atoms with Gasteiger partial charge in [0.2, 0.25) is 0 Å². The molecule has 2 N–H and O–H groups in total. The van der Waals surface area contributed by atoms with Crippen molar-refractivity contribution in [1.29, 1.82) is 0 Å². The van der Waals surface area contributed by atoms with Crippen LogP contribution < -0.4 is 5.73 Å². The lowest BCUT2D eigenvalue weighted by atomic mass is 10.3. The number of anilines is 1. The highest BCUT2D eigenvalue weighted by Crippen LogP contribution is 2.19. The predicted molar refractivity (Wildman–Crippen MR) is 58.8 cm³/mol. The lowest BCUT2D eigenvalue weighted by molar-refractivity contribution is 1.10. The van der Waals surface area contributed by atoms with Gasteiger partial charge in [0, 0.05) is 5.75 Å². The van der Waals surface area contributed by atoms with Gasteiger partial charge >= 0.3 is 0 Å². The van der Waals surface area contributed by atoms with Crippen molar-refractivity contribution >= 4 is 17.4 Å². The Kier molecular flexibility index (Phi) is 3.83. The summed E-state index contributed by atoms with van der Waals surface area (Å²) in [6, 6.07) is 3.80. The summed E-state index contributed by atoms with van der Waals surface area (Å²) in [7, 11) is 0. The van der Waals surface area contributed by atoms with Crippen molar-refractivity contribution in [3.05, 3.63) is 30.5 Å². The molecule has 0 bridgehead atoms. The summed E-state index contributed by atoms with van der Waals surface area (Å²) in [6.07, 6.45) is 2.71. The first kappa shape index (κ1) is 10.1. The van der Waals surface area contributed by atoms with Crippen LogP contribution in [0.15, 0.2) is 35.5 Å². The van der Waals surface area contributed by atoms with Crippen molar-refractivity contribution < 1.29 is 0 Å². The van der Waals surface area contributed by atoms with Crippen LogP contribution in [0, 0.1) is 0 Å². The summed E-state index contributed by atoms with van der Waals surface area (Å²) in [6.45, 7) is 6.04. The highest BCUT2D eigenvalue weighted by atomic mass is 32.2. The Bertz CT molecular complexity index is 279. The summed E-state index contributed by atoms with van der Waals surface area (Å²) in [5, 5.41) is 1.00. The zero-order chi connectivity index (χ0) is 9.68. The maximum absolute atomic E-state index is 5.52. The Balaban J connectivity index is 2.46. The fourth-order valence-electron chi connectivity index (χ4n) is 0.755. The topological polar surface area (TPSA) is 38.9 Å². The van der Waals surface area contributed by atoms with E-state index in [9.17, 15) is 0 Å². The summed E-state index contributed by atoms with van der Waals surface area (Å²) in [5.41, 5.74) is 7.47. The third kappa shape index (κ3) is 3.51. The zero-order valence-electron chi connectivity index (χ0n) is 7.79. The van der Waals surface area contributed by atoms with Gasteiger partial charge in [0.05, 0.1) is 16.9 Å². The van der Waals surface area contributed by atoms with Crippen LogP contribution in [-0.2, 0) is 0 Å². The molecule has 1 aromatic heterocycles.